The van der Waals surface area contributed by atoms with Crippen LogP contribution in [-0.4, -0.2) is 42.5 Å². The second-order valence-electron chi connectivity index (χ2n) is 5.50. The summed E-state index contributed by atoms with van der Waals surface area (Å²) in [6.45, 7) is 4.14. The molecule has 1 saturated heterocycles. The second kappa shape index (κ2) is 5.53. The maximum Gasteiger partial charge on any atom is 0.248 e. The highest BCUT2D eigenvalue weighted by Gasteiger charge is 2.38. The van der Waals surface area contributed by atoms with Crippen molar-refractivity contribution in [2.75, 3.05) is 20.2 Å². The molecule has 1 aliphatic heterocycles. The van der Waals surface area contributed by atoms with Crippen LogP contribution in [0, 0.1) is 0 Å². The lowest BCUT2D eigenvalue weighted by atomic mass is 10.00. The Hall–Kier alpha value is -2.04. The number of ether oxygens (including phenoxy) is 1. The van der Waals surface area contributed by atoms with Crippen LogP contribution in [0.1, 0.15) is 19.4 Å². The predicted octanol–water partition coefficient (Wildman–Crippen LogP) is 0.975. The number of methoxy groups -OCH3 is 1. The molecule has 0 atom stereocenters. The van der Waals surface area contributed by atoms with Gasteiger partial charge >= 0.3 is 0 Å². The number of hydrogen-bond acceptors (Lipinski definition) is 3. The Morgan fingerprint density at radius 2 is 1.90 bits per heavy atom. The van der Waals surface area contributed by atoms with Crippen LogP contribution in [0.25, 0.3) is 0 Å². The third-order valence-corrected chi connectivity index (χ3v) is 3.44. The molecule has 1 aliphatic rings. The van der Waals surface area contributed by atoms with Gasteiger partial charge in [-0.05, 0) is 38.0 Å². The van der Waals surface area contributed by atoms with E-state index in [4.69, 9.17) is 4.74 Å². The minimum Gasteiger partial charge on any atom is -0.497 e. The average Bonchev–Trinajstić information content (AvgIpc) is 2.41. The fourth-order valence-corrected chi connectivity index (χ4v) is 2.32. The van der Waals surface area contributed by atoms with Gasteiger partial charge in [-0.2, -0.15) is 0 Å². The molecule has 1 N–H and O–H groups in total. The number of nitrogens with one attached hydrogen (secondary N) is 1. The number of carbonyl (C=O) groups is 2. The molecule has 5 nitrogen and oxygen atoms in total. The summed E-state index contributed by atoms with van der Waals surface area (Å²) in [5.41, 5.74) is 0.303. The number of carbonyl (C=O) groups excluding carboxylic acids is 2. The van der Waals surface area contributed by atoms with Crippen molar-refractivity contribution in [1.82, 2.24) is 10.2 Å². The number of nitrogens with zero attached hydrogens (tertiary/aromatic N) is 1. The minimum absolute atomic E-state index is 0.0365. The highest BCUT2D eigenvalue weighted by molar-refractivity contribution is 5.97. The van der Waals surface area contributed by atoms with Crippen LogP contribution in [0.2, 0.25) is 0 Å². The molecule has 0 unspecified atom stereocenters. The van der Waals surface area contributed by atoms with Gasteiger partial charge in [-0.3, -0.25) is 9.59 Å². The van der Waals surface area contributed by atoms with Gasteiger partial charge in [0.1, 0.15) is 11.3 Å². The van der Waals surface area contributed by atoms with Crippen molar-refractivity contribution in [2.24, 2.45) is 0 Å². The first-order chi connectivity index (χ1) is 9.42. The van der Waals surface area contributed by atoms with Gasteiger partial charge in [0.15, 0.2) is 0 Å². The third kappa shape index (κ3) is 3.10. The summed E-state index contributed by atoms with van der Waals surface area (Å²) in [6, 6.07) is 7.73. The summed E-state index contributed by atoms with van der Waals surface area (Å²) in [5.74, 6) is 0.665. The molecule has 1 aromatic rings. The van der Waals surface area contributed by atoms with E-state index in [1.54, 1.807) is 25.9 Å². The zero-order chi connectivity index (χ0) is 14.8. The number of amides is 2. The van der Waals surface area contributed by atoms with Crippen LogP contribution in [0.4, 0.5) is 0 Å². The topological polar surface area (TPSA) is 58.6 Å². The van der Waals surface area contributed by atoms with Gasteiger partial charge in [0.2, 0.25) is 11.8 Å². The molecule has 0 spiro atoms. The maximum absolute atomic E-state index is 12.2. The molecule has 0 bridgehead atoms. The molecule has 0 radical (unpaired) electrons. The number of rotatable bonds is 4. The Kier molecular flexibility index (Phi) is 3.97. The molecule has 0 aromatic heterocycles. The zero-order valence-electron chi connectivity index (χ0n) is 12.1. The molecule has 108 valence electrons. The SMILES string of the molecule is COc1ccc(CCN2CC(=O)NC(C)(C)C2=O)cc1. The van der Waals surface area contributed by atoms with Crippen molar-refractivity contribution < 1.29 is 14.3 Å². The summed E-state index contributed by atoms with van der Waals surface area (Å²) in [5, 5.41) is 2.70. The Labute approximate surface area is 118 Å². The molecule has 5 heteroatoms. The molecule has 0 saturated carbocycles. The van der Waals surface area contributed by atoms with E-state index in [0.717, 1.165) is 17.7 Å². The molecule has 2 amide bonds. The van der Waals surface area contributed by atoms with Gasteiger partial charge < -0.3 is 15.0 Å². The molecule has 20 heavy (non-hydrogen) atoms. The lowest BCUT2D eigenvalue weighted by molar-refractivity contribution is -0.148. The number of piperazine rings is 1. The van der Waals surface area contributed by atoms with Gasteiger partial charge in [0.25, 0.3) is 0 Å². The van der Waals surface area contributed by atoms with Crippen molar-refractivity contribution in [3.63, 3.8) is 0 Å². The predicted molar refractivity (Wildman–Crippen MR) is 75.5 cm³/mol. The van der Waals surface area contributed by atoms with Crippen molar-refractivity contribution in [2.45, 2.75) is 25.8 Å². The highest BCUT2D eigenvalue weighted by atomic mass is 16.5. The third-order valence-electron chi connectivity index (χ3n) is 3.44. The first-order valence-corrected chi connectivity index (χ1v) is 6.66. The summed E-state index contributed by atoms with van der Waals surface area (Å²) >= 11 is 0. The monoisotopic (exact) mass is 276 g/mol. The lowest BCUT2D eigenvalue weighted by Gasteiger charge is -2.37. The van der Waals surface area contributed by atoms with Crippen LogP contribution in [0.3, 0.4) is 0 Å². The molecule has 1 fully saturated rings. The van der Waals surface area contributed by atoms with Crippen molar-refractivity contribution in [3.8, 4) is 5.75 Å². The minimum atomic E-state index is -0.810. The van der Waals surface area contributed by atoms with Crippen LogP contribution in [0.15, 0.2) is 24.3 Å². The quantitative estimate of drug-likeness (QED) is 0.891. The summed E-state index contributed by atoms with van der Waals surface area (Å²) in [4.78, 5) is 25.4. The van der Waals surface area contributed by atoms with Gasteiger partial charge in [-0.15, -0.1) is 0 Å². The Bertz CT molecular complexity index is 508. The second-order valence-corrected chi connectivity index (χ2v) is 5.50. The Morgan fingerprint density at radius 1 is 1.25 bits per heavy atom. The fourth-order valence-electron chi connectivity index (χ4n) is 2.32. The van der Waals surface area contributed by atoms with Crippen molar-refractivity contribution in [3.05, 3.63) is 29.8 Å². The molecule has 1 aromatic carbocycles. The van der Waals surface area contributed by atoms with Crippen LogP contribution >= 0.6 is 0 Å². The van der Waals surface area contributed by atoms with E-state index >= 15 is 0 Å². The largest absolute Gasteiger partial charge is 0.497 e. The lowest BCUT2D eigenvalue weighted by Crippen LogP contribution is -2.64. The molecule has 2 rings (SSSR count). The van der Waals surface area contributed by atoms with Gasteiger partial charge in [-0.25, -0.2) is 0 Å². The van der Waals surface area contributed by atoms with E-state index in [1.165, 1.54) is 0 Å². The van der Waals surface area contributed by atoms with Crippen molar-refractivity contribution >= 4 is 11.8 Å². The van der Waals surface area contributed by atoms with Gasteiger partial charge in [0, 0.05) is 6.54 Å². The van der Waals surface area contributed by atoms with E-state index in [1.807, 2.05) is 24.3 Å². The Balaban J connectivity index is 1.98. The molecular formula is C15H20N2O3. The smallest absolute Gasteiger partial charge is 0.248 e. The maximum atomic E-state index is 12.2. The number of benzene rings is 1. The van der Waals surface area contributed by atoms with Crippen LogP contribution in [-0.2, 0) is 16.0 Å². The fraction of sp³-hybridized carbons (Fsp3) is 0.467. The first kappa shape index (κ1) is 14.4. The van der Waals surface area contributed by atoms with Gasteiger partial charge in [-0.1, -0.05) is 12.1 Å². The first-order valence-electron chi connectivity index (χ1n) is 6.66. The van der Waals surface area contributed by atoms with E-state index in [2.05, 4.69) is 5.32 Å². The normalized spacial score (nSPS) is 17.9. The standard InChI is InChI=1S/C15H20N2O3/c1-15(2)14(19)17(10-13(18)16-15)9-8-11-4-6-12(20-3)7-5-11/h4-7H,8-10H2,1-3H3,(H,16,18). The summed E-state index contributed by atoms with van der Waals surface area (Å²) in [7, 11) is 1.63. The van der Waals surface area contributed by atoms with E-state index < -0.39 is 5.54 Å². The van der Waals surface area contributed by atoms with Crippen molar-refractivity contribution in [1.29, 1.82) is 0 Å². The van der Waals surface area contributed by atoms with Crippen LogP contribution < -0.4 is 10.1 Å². The Morgan fingerprint density at radius 3 is 2.50 bits per heavy atom. The summed E-state index contributed by atoms with van der Waals surface area (Å²) in [6.07, 6.45) is 0.721. The highest BCUT2D eigenvalue weighted by Crippen LogP contribution is 2.15. The zero-order valence-corrected chi connectivity index (χ0v) is 12.1. The van der Waals surface area contributed by atoms with Crippen LogP contribution in [0.5, 0.6) is 5.75 Å². The average molecular weight is 276 g/mol. The van der Waals surface area contributed by atoms with E-state index in [0.29, 0.717) is 6.54 Å². The molecular weight excluding hydrogens is 256 g/mol. The molecule has 1 heterocycles. The number of hydrogen-bond donors (Lipinski definition) is 1. The van der Waals surface area contributed by atoms with Gasteiger partial charge in [0.05, 0.1) is 13.7 Å². The molecule has 0 aliphatic carbocycles. The van der Waals surface area contributed by atoms with E-state index in [9.17, 15) is 9.59 Å². The van der Waals surface area contributed by atoms with E-state index in [-0.39, 0.29) is 18.4 Å². The summed E-state index contributed by atoms with van der Waals surface area (Å²) < 4.78 is 5.10.